The number of nitrogens with zero attached hydrogens (tertiary/aromatic N) is 2. The van der Waals surface area contributed by atoms with E-state index in [1.54, 1.807) is 0 Å². The van der Waals surface area contributed by atoms with E-state index >= 15 is 0 Å². The standard InChI is InChI=1S/C22H31N3S/c1-6-8-9-10-11-12-18-14-13-17(5)19(15-18)21-23-24-22(26)25(21)20(7-2)16(3)4/h7,13-15H,3,6,8-12H2,1-2,4-5H3,(H,24,26)/b20-7+. The minimum Gasteiger partial charge on any atom is -0.268 e. The van der Waals surface area contributed by atoms with Crippen molar-refractivity contribution in [3.8, 4) is 11.4 Å². The van der Waals surface area contributed by atoms with E-state index in [0.717, 1.165) is 29.1 Å². The van der Waals surface area contributed by atoms with Crippen molar-refractivity contribution < 1.29 is 0 Å². The Kier molecular flexibility index (Phi) is 7.58. The fourth-order valence-corrected chi connectivity index (χ4v) is 3.50. The Morgan fingerprint density at radius 3 is 2.65 bits per heavy atom. The molecule has 0 saturated heterocycles. The van der Waals surface area contributed by atoms with E-state index in [2.05, 4.69) is 48.8 Å². The number of H-pyrrole nitrogens is 1. The number of hydrogen-bond donors (Lipinski definition) is 1. The number of hydrogen-bond acceptors (Lipinski definition) is 2. The first-order valence-electron chi connectivity index (χ1n) is 9.59. The summed E-state index contributed by atoms with van der Waals surface area (Å²) in [7, 11) is 0. The molecule has 0 saturated carbocycles. The molecule has 0 radical (unpaired) electrons. The van der Waals surface area contributed by atoms with Crippen LogP contribution in [0.15, 0.2) is 36.4 Å². The molecule has 1 aromatic heterocycles. The van der Waals surface area contributed by atoms with Gasteiger partial charge in [0.05, 0.1) is 0 Å². The zero-order valence-electron chi connectivity index (χ0n) is 16.6. The lowest BCUT2D eigenvalue weighted by Crippen LogP contribution is -2.02. The lowest BCUT2D eigenvalue weighted by atomic mass is 10.00. The Balaban J connectivity index is 2.33. The molecule has 0 aliphatic heterocycles. The molecule has 0 aliphatic rings. The fraction of sp³-hybridized carbons (Fsp3) is 0.455. The van der Waals surface area contributed by atoms with Crippen molar-refractivity contribution in [1.29, 1.82) is 0 Å². The number of rotatable bonds is 9. The molecule has 0 aliphatic carbocycles. The number of benzene rings is 1. The highest BCUT2D eigenvalue weighted by atomic mass is 32.1. The topological polar surface area (TPSA) is 33.6 Å². The van der Waals surface area contributed by atoms with Crippen LogP contribution in [-0.4, -0.2) is 14.8 Å². The molecule has 1 aromatic carbocycles. The summed E-state index contributed by atoms with van der Waals surface area (Å²) in [5.41, 5.74) is 5.65. The molecule has 0 spiro atoms. The third-order valence-corrected chi connectivity index (χ3v) is 5.01. The molecule has 0 amide bonds. The van der Waals surface area contributed by atoms with Crippen LogP contribution in [0.4, 0.5) is 0 Å². The van der Waals surface area contributed by atoms with Crippen molar-refractivity contribution in [2.24, 2.45) is 0 Å². The molecule has 3 nitrogen and oxygen atoms in total. The summed E-state index contributed by atoms with van der Waals surface area (Å²) < 4.78 is 2.59. The molecule has 1 N–H and O–H groups in total. The van der Waals surface area contributed by atoms with Gasteiger partial charge in [-0.15, -0.1) is 0 Å². The summed E-state index contributed by atoms with van der Waals surface area (Å²) in [5.74, 6) is 0.858. The Labute approximate surface area is 162 Å². The molecule has 140 valence electrons. The highest BCUT2D eigenvalue weighted by Crippen LogP contribution is 2.28. The molecule has 0 atom stereocenters. The van der Waals surface area contributed by atoms with E-state index in [4.69, 9.17) is 12.2 Å². The van der Waals surface area contributed by atoms with Gasteiger partial charge in [0.2, 0.25) is 0 Å². The predicted octanol–water partition coefficient (Wildman–Crippen LogP) is 6.87. The smallest absolute Gasteiger partial charge is 0.200 e. The fourth-order valence-electron chi connectivity index (χ4n) is 3.27. The average Bonchev–Trinajstić information content (AvgIpc) is 2.98. The molecule has 4 heteroatoms. The van der Waals surface area contributed by atoms with Crippen LogP contribution in [0, 0.1) is 11.7 Å². The van der Waals surface area contributed by atoms with Crippen LogP contribution in [0.25, 0.3) is 17.1 Å². The van der Waals surface area contributed by atoms with E-state index in [1.165, 1.54) is 43.2 Å². The normalized spacial score (nSPS) is 11.8. The maximum atomic E-state index is 5.48. The Hall–Kier alpha value is -1.94. The number of aromatic nitrogens is 3. The molecule has 2 aromatic rings. The van der Waals surface area contributed by atoms with Gasteiger partial charge in [0.15, 0.2) is 10.6 Å². The third-order valence-electron chi connectivity index (χ3n) is 4.74. The van der Waals surface area contributed by atoms with Gasteiger partial charge < -0.3 is 0 Å². The first-order valence-corrected chi connectivity index (χ1v) is 10.00. The third kappa shape index (κ3) is 4.82. The molecule has 0 fully saturated rings. The molecule has 0 unspecified atom stereocenters. The largest absolute Gasteiger partial charge is 0.268 e. The zero-order chi connectivity index (χ0) is 19.1. The van der Waals surface area contributed by atoms with Crippen LogP contribution in [0.3, 0.4) is 0 Å². The Morgan fingerprint density at radius 1 is 1.27 bits per heavy atom. The first-order chi connectivity index (χ1) is 12.5. The monoisotopic (exact) mass is 369 g/mol. The summed E-state index contributed by atoms with van der Waals surface area (Å²) in [6, 6.07) is 6.69. The van der Waals surface area contributed by atoms with Crippen molar-refractivity contribution in [3.05, 3.63) is 52.3 Å². The van der Waals surface area contributed by atoms with Crippen molar-refractivity contribution in [3.63, 3.8) is 0 Å². The van der Waals surface area contributed by atoms with E-state index in [0.29, 0.717) is 4.77 Å². The average molecular weight is 370 g/mol. The number of aryl methyl sites for hydroxylation is 2. The second kappa shape index (κ2) is 9.67. The molecule has 1 heterocycles. The molecular weight excluding hydrogens is 338 g/mol. The molecule has 0 bridgehead atoms. The molecular formula is C22H31N3S. The first kappa shape index (κ1) is 20.4. The van der Waals surface area contributed by atoms with E-state index in [-0.39, 0.29) is 0 Å². The lowest BCUT2D eigenvalue weighted by Gasteiger charge is -2.13. The second-order valence-electron chi connectivity index (χ2n) is 6.96. The summed E-state index contributed by atoms with van der Waals surface area (Å²) >= 11 is 5.48. The summed E-state index contributed by atoms with van der Waals surface area (Å²) in [6.07, 6.45) is 9.63. The number of unbranched alkanes of at least 4 members (excludes halogenated alkanes) is 4. The highest BCUT2D eigenvalue weighted by molar-refractivity contribution is 7.71. The summed E-state index contributed by atoms with van der Waals surface area (Å²) in [5, 5.41) is 7.48. The quantitative estimate of drug-likeness (QED) is 0.297. The summed E-state index contributed by atoms with van der Waals surface area (Å²) in [6.45, 7) is 12.5. The maximum Gasteiger partial charge on any atom is 0.200 e. The number of nitrogens with one attached hydrogen (secondary N) is 1. The van der Waals surface area contributed by atoms with Crippen molar-refractivity contribution in [1.82, 2.24) is 14.8 Å². The molecule has 26 heavy (non-hydrogen) atoms. The highest BCUT2D eigenvalue weighted by Gasteiger charge is 2.15. The van der Waals surface area contributed by atoms with Crippen LogP contribution >= 0.6 is 12.2 Å². The predicted molar refractivity (Wildman–Crippen MR) is 115 cm³/mol. The van der Waals surface area contributed by atoms with Gasteiger partial charge in [0.1, 0.15) is 0 Å². The maximum absolute atomic E-state index is 5.48. The van der Waals surface area contributed by atoms with Crippen LogP contribution in [0.1, 0.15) is 64.0 Å². The second-order valence-corrected chi connectivity index (χ2v) is 7.34. The van der Waals surface area contributed by atoms with E-state index in [9.17, 15) is 0 Å². The van der Waals surface area contributed by atoms with Crippen LogP contribution < -0.4 is 0 Å². The van der Waals surface area contributed by atoms with Gasteiger partial charge in [0.25, 0.3) is 0 Å². The van der Waals surface area contributed by atoms with Crippen LogP contribution in [0.5, 0.6) is 0 Å². The Bertz CT molecular complexity index is 839. The van der Waals surface area contributed by atoms with Gasteiger partial charge in [-0.25, -0.2) is 0 Å². The molecule has 2 rings (SSSR count). The van der Waals surface area contributed by atoms with E-state index < -0.39 is 0 Å². The van der Waals surface area contributed by atoms with Gasteiger partial charge >= 0.3 is 0 Å². The van der Waals surface area contributed by atoms with Gasteiger partial charge in [-0.3, -0.25) is 9.67 Å². The van der Waals surface area contributed by atoms with Gasteiger partial charge in [-0.1, -0.05) is 57.4 Å². The van der Waals surface area contributed by atoms with E-state index in [1.807, 2.05) is 24.5 Å². The van der Waals surface area contributed by atoms with Crippen molar-refractivity contribution in [2.45, 2.75) is 66.2 Å². The minimum absolute atomic E-state index is 0.598. The number of allylic oxidation sites excluding steroid dienone is 3. The summed E-state index contributed by atoms with van der Waals surface area (Å²) in [4.78, 5) is 0. The number of aromatic amines is 1. The Morgan fingerprint density at radius 2 is 2.00 bits per heavy atom. The van der Waals surface area contributed by atoms with Gasteiger partial charge in [-0.2, -0.15) is 5.10 Å². The lowest BCUT2D eigenvalue weighted by molar-refractivity contribution is 0.632. The van der Waals surface area contributed by atoms with Crippen LogP contribution in [0.2, 0.25) is 0 Å². The SMILES string of the molecule is C=C(C)/C(=C\C)n1c(-c2cc(CCCCCCC)ccc2C)n[nH]c1=S. The van der Waals surface area contributed by atoms with Crippen molar-refractivity contribution >= 4 is 17.9 Å². The van der Waals surface area contributed by atoms with Crippen molar-refractivity contribution in [2.75, 3.05) is 0 Å². The minimum atomic E-state index is 0.598. The van der Waals surface area contributed by atoms with Gasteiger partial charge in [-0.05, 0) is 68.6 Å². The van der Waals surface area contributed by atoms with Crippen LogP contribution in [-0.2, 0) is 6.42 Å². The zero-order valence-corrected chi connectivity index (χ0v) is 17.4. The van der Waals surface area contributed by atoms with Gasteiger partial charge in [0, 0.05) is 11.3 Å².